The first-order valence-corrected chi connectivity index (χ1v) is 7.15. The SMILES string of the molecule is Cn1ncc(Br)c1C(O)c1ccc(Cl)c2cccnc12. The summed E-state index contributed by atoms with van der Waals surface area (Å²) in [4.78, 5) is 4.34. The lowest BCUT2D eigenvalue weighted by Gasteiger charge is -2.15. The van der Waals surface area contributed by atoms with Crippen LogP contribution in [0.4, 0.5) is 0 Å². The maximum atomic E-state index is 10.7. The summed E-state index contributed by atoms with van der Waals surface area (Å²) in [6.07, 6.45) is 2.52. The number of hydrogen-bond donors (Lipinski definition) is 1. The van der Waals surface area contributed by atoms with E-state index in [9.17, 15) is 5.11 Å². The molecule has 1 aromatic carbocycles. The number of nitrogens with zero attached hydrogens (tertiary/aromatic N) is 3. The second-order valence-corrected chi connectivity index (χ2v) is 5.70. The second-order valence-electron chi connectivity index (χ2n) is 4.44. The van der Waals surface area contributed by atoms with Gasteiger partial charge in [0.25, 0.3) is 0 Å². The van der Waals surface area contributed by atoms with Crippen molar-refractivity contribution in [1.82, 2.24) is 14.8 Å². The lowest BCUT2D eigenvalue weighted by Crippen LogP contribution is -2.08. The molecule has 0 aliphatic carbocycles. The van der Waals surface area contributed by atoms with Crippen molar-refractivity contribution in [2.24, 2.45) is 7.05 Å². The molecule has 1 N–H and O–H groups in total. The fourth-order valence-electron chi connectivity index (χ4n) is 2.26. The third kappa shape index (κ3) is 2.12. The Morgan fingerprint density at radius 2 is 2.15 bits per heavy atom. The molecule has 3 aromatic rings. The van der Waals surface area contributed by atoms with Gasteiger partial charge in [-0.3, -0.25) is 9.67 Å². The fraction of sp³-hybridized carbons (Fsp3) is 0.143. The third-order valence-electron chi connectivity index (χ3n) is 3.24. The number of pyridine rings is 1. The molecule has 0 aliphatic heterocycles. The van der Waals surface area contributed by atoms with Crippen molar-refractivity contribution in [1.29, 1.82) is 0 Å². The average Bonchev–Trinajstić information content (AvgIpc) is 2.78. The zero-order chi connectivity index (χ0) is 14.3. The molecule has 4 nitrogen and oxygen atoms in total. The second kappa shape index (κ2) is 5.16. The fourth-order valence-corrected chi connectivity index (χ4v) is 3.04. The quantitative estimate of drug-likeness (QED) is 0.768. The molecule has 102 valence electrons. The predicted molar refractivity (Wildman–Crippen MR) is 81.7 cm³/mol. The monoisotopic (exact) mass is 351 g/mol. The molecule has 0 saturated carbocycles. The van der Waals surface area contributed by atoms with Gasteiger partial charge < -0.3 is 5.11 Å². The number of benzene rings is 1. The molecule has 6 heteroatoms. The number of aliphatic hydroxyl groups is 1. The van der Waals surface area contributed by atoms with Gasteiger partial charge in [-0.25, -0.2) is 0 Å². The highest BCUT2D eigenvalue weighted by molar-refractivity contribution is 9.10. The molecule has 0 radical (unpaired) electrons. The van der Waals surface area contributed by atoms with E-state index in [0.29, 0.717) is 21.8 Å². The molecule has 0 saturated heterocycles. The van der Waals surface area contributed by atoms with Gasteiger partial charge >= 0.3 is 0 Å². The summed E-state index contributed by atoms with van der Waals surface area (Å²) in [7, 11) is 1.79. The first-order chi connectivity index (χ1) is 9.59. The third-order valence-corrected chi connectivity index (χ3v) is 4.18. The molecule has 0 fully saturated rings. The van der Waals surface area contributed by atoms with Crippen LogP contribution in [0, 0.1) is 0 Å². The molecule has 0 aliphatic rings. The van der Waals surface area contributed by atoms with E-state index < -0.39 is 6.10 Å². The Kier molecular flexibility index (Phi) is 3.50. The molecule has 0 spiro atoms. The van der Waals surface area contributed by atoms with Crippen LogP contribution in [0.25, 0.3) is 10.9 Å². The molecule has 0 bridgehead atoms. The Hall–Kier alpha value is -1.43. The van der Waals surface area contributed by atoms with Gasteiger partial charge in [-0.2, -0.15) is 5.10 Å². The van der Waals surface area contributed by atoms with E-state index in [1.807, 2.05) is 12.1 Å². The van der Waals surface area contributed by atoms with Crippen LogP contribution in [-0.2, 0) is 7.05 Å². The van der Waals surface area contributed by atoms with Crippen molar-refractivity contribution in [2.45, 2.75) is 6.10 Å². The molecule has 2 aromatic heterocycles. The minimum atomic E-state index is -0.827. The number of halogens is 2. The molecule has 2 heterocycles. The topological polar surface area (TPSA) is 50.9 Å². The normalized spacial score (nSPS) is 12.8. The lowest BCUT2D eigenvalue weighted by molar-refractivity contribution is 0.210. The number of fused-ring (bicyclic) bond motifs is 1. The Morgan fingerprint density at radius 1 is 1.35 bits per heavy atom. The van der Waals surface area contributed by atoms with Crippen LogP contribution in [0.15, 0.2) is 41.1 Å². The van der Waals surface area contributed by atoms with E-state index in [4.69, 9.17) is 11.6 Å². The van der Waals surface area contributed by atoms with Crippen LogP contribution >= 0.6 is 27.5 Å². The summed E-state index contributed by atoms with van der Waals surface area (Å²) in [6, 6.07) is 7.28. The molecular weight excluding hydrogens is 342 g/mol. The Labute approximate surface area is 129 Å². The van der Waals surface area contributed by atoms with Gasteiger partial charge in [-0.15, -0.1) is 0 Å². The zero-order valence-corrected chi connectivity index (χ0v) is 12.9. The van der Waals surface area contributed by atoms with Crippen molar-refractivity contribution < 1.29 is 5.11 Å². The standard InChI is InChI=1S/C14H11BrClN3O/c1-19-13(10(15)7-18-19)14(20)9-4-5-11(16)8-3-2-6-17-12(8)9/h2-7,14,20H,1H3. The molecule has 3 rings (SSSR count). The summed E-state index contributed by atoms with van der Waals surface area (Å²) in [6.45, 7) is 0. The van der Waals surface area contributed by atoms with Crippen molar-refractivity contribution in [2.75, 3.05) is 0 Å². The van der Waals surface area contributed by atoms with Gasteiger partial charge in [0.15, 0.2) is 0 Å². The van der Waals surface area contributed by atoms with Crippen molar-refractivity contribution in [3.8, 4) is 0 Å². The highest BCUT2D eigenvalue weighted by Crippen LogP contribution is 2.33. The molecule has 1 unspecified atom stereocenters. The van der Waals surface area contributed by atoms with Gasteiger partial charge in [0.05, 0.1) is 21.9 Å². The average molecular weight is 353 g/mol. The highest BCUT2D eigenvalue weighted by Gasteiger charge is 2.21. The Bertz CT molecular complexity index is 768. The number of hydrogen-bond acceptors (Lipinski definition) is 3. The van der Waals surface area contributed by atoms with Gasteiger partial charge in [-0.1, -0.05) is 17.7 Å². The van der Waals surface area contributed by atoms with Crippen LogP contribution in [0.5, 0.6) is 0 Å². The number of aromatic nitrogens is 3. The zero-order valence-electron chi connectivity index (χ0n) is 10.6. The van der Waals surface area contributed by atoms with E-state index in [-0.39, 0.29) is 0 Å². The maximum Gasteiger partial charge on any atom is 0.124 e. The molecular formula is C14H11BrClN3O. The van der Waals surface area contributed by atoms with Crippen molar-refractivity contribution in [3.05, 3.63) is 57.4 Å². The van der Waals surface area contributed by atoms with Gasteiger partial charge in [0.1, 0.15) is 6.10 Å². The van der Waals surface area contributed by atoms with Gasteiger partial charge in [-0.05, 0) is 34.1 Å². The molecule has 0 amide bonds. The summed E-state index contributed by atoms with van der Waals surface area (Å²) in [5, 5.41) is 16.2. The maximum absolute atomic E-state index is 10.7. The summed E-state index contributed by atoms with van der Waals surface area (Å²) in [5.41, 5.74) is 2.08. The van der Waals surface area contributed by atoms with Crippen molar-refractivity contribution in [3.63, 3.8) is 0 Å². The Morgan fingerprint density at radius 3 is 2.85 bits per heavy atom. The summed E-state index contributed by atoms with van der Waals surface area (Å²) >= 11 is 9.58. The summed E-state index contributed by atoms with van der Waals surface area (Å²) < 4.78 is 2.39. The van der Waals surface area contributed by atoms with E-state index >= 15 is 0 Å². The van der Waals surface area contributed by atoms with E-state index in [1.165, 1.54) is 0 Å². The van der Waals surface area contributed by atoms with Crippen LogP contribution in [0.3, 0.4) is 0 Å². The van der Waals surface area contributed by atoms with Crippen LogP contribution in [0.1, 0.15) is 17.4 Å². The van der Waals surface area contributed by atoms with E-state index in [0.717, 1.165) is 9.86 Å². The first-order valence-electron chi connectivity index (χ1n) is 5.98. The van der Waals surface area contributed by atoms with E-state index in [2.05, 4.69) is 26.0 Å². The van der Waals surface area contributed by atoms with Crippen molar-refractivity contribution >= 4 is 38.4 Å². The highest BCUT2D eigenvalue weighted by atomic mass is 79.9. The number of rotatable bonds is 2. The largest absolute Gasteiger partial charge is 0.382 e. The smallest absolute Gasteiger partial charge is 0.124 e. The van der Waals surface area contributed by atoms with Crippen LogP contribution < -0.4 is 0 Å². The van der Waals surface area contributed by atoms with Gasteiger partial charge in [0.2, 0.25) is 0 Å². The number of aliphatic hydroxyl groups excluding tert-OH is 1. The minimum absolute atomic E-state index is 0.619. The van der Waals surface area contributed by atoms with Crippen LogP contribution in [-0.4, -0.2) is 19.9 Å². The minimum Gasteiger partial charge on any atom is -0.382 e. The van der Waals surface area contributed by atoms with E-state index in [1.54, 1.807) is 36.3 Å². The summed E-state index contributed by atoms with van der Waals surface area (Å²) in [5.74, 6) is 0. The van der Waals surface area contributed by atoms with Crippen LogP contribution in [0.2, 0.25) is 5.02 Å². The Balaban J connectivity index is 2.23. The predicted octanol–water partition coefficient (Wildman–Crippen LogP) is 3.47. The van der Waals surface area contributed by atoms with Gasteiger partial charge in [0, 0.05) is 29.2 Å². The lowest BCUT2D eigenvalue weighted by atomic mass is 10.0. The molecule has 1 atom stereocenters. The first kappa shape index (κ1) is 13.5. The molecule has 20 heavy (non-hydrogen) atoms. The number of aryl methyl sites for hydroxylation is 1.